The maximum Gasteiger partial charge on any atom is 0.225 e. The number of piperidine rings is 1. The van der Waals surface area contributed by atoms with Crippen LogP contribution in [0.5, 0.6) is 0 Å². The van der Waals surface area contributed by atoms with Crippen molar-refractivity contribution in [2.24, 2.45) is 11.8 Å². The lowest BCUT2D eigenvalue weighted by Gasteiger charge is -2.27. The van der Waals surface area contributed by atoms with Crippen LogP contribution in [0.4, 0.5) is 11.5 Å². The highest BCUT2D eigenvalue weighted by Gasteiger charge is 2.22. The molecule has 1 amide bonds. The Morgan fingerprint density at radius 1 is 1.43 bits per heavy atom. The zero-order chi connectivity index (χ0) is 15.2. The molecule has 5 nitrogen and oxygen atoms in total. The molecule has 0 bridgehead atoms. The average Bonchev–Trinajstić information content (AvgIpc) is 2.48. The minimum atomic E-state index is 0.0612. The number of anilines is 2. The highest BCUT2D eigenvalue weighted by atomic mass is 16.1. The number of hydrogen-bond donors (Lipinski definition) is 2. The van der Waals surface area contributed by atoms with Crippen molar-refractivity contribution in [1.29, 1.82) is 0 Å². The third-order valence-electron chi connectivity index (χ3n) is 4.23. The number of rotatable bonds is 5. The van der Waals surface area contributed by atoms with Gasteiger partial charge in [-0.1, -0.05) is 6.92 Å². The minimum absolute atomic E-state index is 0.0612. The van der Waals surface area contributed by atoms with Gasteiger partial charge in [0.2, 0.25) is 5.91 Å². The van der Waals surface area contributed by atoms with Crippen molar-refractivity contribution in [2.75, 3.05) is 37.4 Å². The van der Waals surface area contributed by atoms with Crippen molar-refractivity contribution in [2.45, 2.75) is 26.2 Å². The number of nitrogens with one attached hydrogen (secondary N) is 2. The third kappa shape index (κ3) is 4.70. The van der Waals surface area contributed by atoms with Gasteiger partial charge in [-0.2, -0.15) is 0 Å². The molecule has 0 saturated carbocycles. The second-order valence-electron chi connectivity index (χ2n) is 6.11. The van der Waals surface area contributed by atoms with E-state index in [-0.39, 0.29) is 5.91 Å². The van der Waals surface area contributed by atoms with Gasteiger partial charge in [0.25, 0.3) is 0 Å². The van der Waals surface area contributed by atoms with Crippen LogP contribution in [-0.4, -0.2) is 38.1 Å². The lowest BCUT2D eigenvalue weighted by molar-refractivity contribution is -0.117. The number of hydrogen-bond acceptors (Lipinski definition) is 4. The Balaban J connectivity index is 1.83. The number of pyridine rings is 1. The number of amides is 1. The predicted octanol–water partition coefficient (Wildman–Crippen LogP) is 2.11. The van der Waals surface area contributed by atoms with Crippen molar-refractivity contribution in [3.05, 3.63) is 18.3 Å². The first-order valence-electron chi connectivity index (χ1n) is 7.70. The Bertz CT molecular complexity index is 452. The first kappa shape index (κ1) is 15.8. The van der Waals surface area contributed by atoms with E-state index in [9.17, 15) is 4.79 Å². The summed E-state index contributed by atoms with van der Waals surface area (Å²) in [6, 6.07) is 3.81. The fraction of sp³-hybridized carbons (Fsp3) is 0.625. The Morgan fingerprint density at radius 2 is 2.14 bits per heavy atom. The van der Waals surface area contributed by atoms with Crippen LogP contribution in [0.3, 0.4) is 0 Å². The first-order valence-corrected chi connectivity index (χ1v) is 7.70. The van der Waals surface area contributed by atoms with Crippen LogP contribution in [0.25, 0.3) is 0 Å². The van der Waals surface area contributed by atoms with Gasteiger partial charge in [-0.25, -0.2) is 4.98 Å². The molecule has 0 spiro atoms. The summed E-state index contributed by atoms with van der Waals surface area (Å²) in [7, 11) is 3.94. The van der Waals surface area contributed by atoms with Crippen LogP contribution >= 0.6 is 0 Å². The molecule has 2 rings (SSSR count). The summed E-state index contributed by atoms with van der Waals surface area (Å²) in [6.45, 7) is 4.33. The molecule has 0 radical (unpaired) electrons. The minimum Gasteiger partial charge on any atom is -0.376 e. The van der Waals surface area contributed by atoms with Gasteiger partial charge in [0.1, 0.15) is 5.82 Å². The maximum atomic E-state index is 12.1. The van der Waals surface area contributed by atoms with Crippen molar-refractivity contribution < 1.29 is 4.79 Å². The van der Waals surface area contributed by atoms with Gasteiger partial charge in [0, 0.05) is 20.5 Å². The van der Waals surface area contributed by atoms with E-state index in [2.05, 4.69) is 22.5 Å². The summed E-state index contributed by atoms with van der Waals surface area (Å²) in [4.78, 5) is 18.4. The predicted molar refractivity (Wildman–Crippen MR) is 86.6 cm³/mol. The third-order valence-corrected chi connectivity index (χ3v) is 4.23. The van der Waals surface area contributed by atoms with Gasteiger partial charge < -0.3 is 15.5 Å². The van der Waals surface area contributed by atoms with Crippen LogP contribution in [-0.2, 0) is 4.79 Å². The van der Waals surface area contributed by atoms with E-state index in [1.165, 1.54) is 12.8 Å². The average molecular weight is 290 g/mol. The maximum absolute atomic E-state index is 12.1. The van der Waals surface area contributed by atoms with Crippen molar-refractivity contribution in [3.63, 3.8) is 0 Å². The monoisotopic (exact) mass is 290 g/mol. The molecule has 2 N–H and O–H groups in total. The van der Waals surface area contributed by atoms with E-state index in [4.69, 9.17) is 0 Å². The summed E-state index contributed by atoms with van der Waals surface area (Å²) >= 11 is 0. The van der Waals surface area contributed by atoms with Crippen LogP contribution < -0.4 is 15.5 Å². The summed E-state index contributed by atoms with van der Waals surface area (Å²) in [6.07, 6.45) is 4.68. The Morgan fingerprint density at radius 3 is 2.71 bits per heavy atom. The molecule has 21 heavy (non-hydrogen) atoms. The first-order chi connectivity index (χ1) is 10.1. The number of carbonyl (C=O) groups is 1. The molecule has 2 heterocycles. The Kier molecular flexibility index (Phi) is 5.56. The normalized spacial score (nSPS) is 17.3. The summed E-state index contributed by atoms with van der Waals surface area (Å²) in [5.74, 6) is 1.77. The second kappa shape index (κ2) is 7.41. The highest BCUT2D eigenvalue weighted by molar-refractivity contribution is 5.89. The molecule has 0 aliphatic carbocycles. The van der Waals surface area contributed by atoms with Crippen molar-refractivity contribution in [1.82, 2.24) is 10.3 Å². The zero-order valence-corrected chi connectivity index (χ0v) is 13.2. The Labute approximate surface area is 127 Å². The van der Waals surface area contributed by atoms with Gasteiger partial charge in [-0.05, 0) is 49.9 Å². The molecule has 1 aliphatic rings. The zero-order valence-electron chi connectivity index (χ0n) is 13.2. The van der Waals surface area contributed by atoms with E-state index >= 15 is 0 Å². The molecule has 1 atom stereocenters. The molecule has 0 aromatic carbocycles. The molecule has 1 fully saturated rings. The van der Waals surface area contributed by atoms with Crippen molar-refractivity contribution >= 4 is 17.4 Å². The SMILES string of the molecule is CC(CC(=O)Nc1ccc(N(C)C)cn1)C1CCNCC1. The van der Waals surface area contributed by atoms with Crippen LogP contribution in [0.1, 0.15) is 26.2 Å². The molecular formula is C16H26N4O. The highest BCUT2D eigenvalue weighted by Crippen LogP contribution is 2.24. The second-order valence-corrected chi connectivity index (χ2v) is 6.11. The molecular weight excluding hydrogens is 264 g/mol. The smallest absolute Gasteiger partial charge is 0.225 e. The lowest BCUT2D eigenvalue weighted by Crippen LogP contribution is -2.32. The summed E-state index contributed by atoms with van der Waals surface area (Å²) in [5.41, 5.74) is 1.02. The number of nitrogens with zero attached hydrogens (tertiary/aromatic N) is 2. The van der Waals surface area contributed by atoms with Gasteiger partial charge >= 0.3 is 0 Å². The molecule has 1 aliphatic heterocycles. The topological polar surface area (TPSA) is 57.3 Å². The fourth-order valence-corrected chi connectivity index (χ4v) is 2.79. The van der Waals surface area contributed by atoms with Gasteiger partial charge in [-0.15, -0.1) is 0 Å². The summed E-state index contributed by atoms with van der Waals surface area (Å²) in [5, 5.41) is 6.26. The fourth-order valence-electron chi connectivity index (χ4n) is 2.79. The van der Waals surface area contributed by atoms with E-state index in [1.807, 2.05) is 31.1 Å². The van der Waals surface area contributed by atoms with Crippen molar-refractivity contribution in [3.8, 4) is 0 Å². The standard InChI is InChI=1S/C16H26N4O/c1-12(13-6-8-17-9-7-13)10-16(21)19-15-5-4-14(11-18-15)20(2)3/h4-5,11-13,17H,6-10H2,1-3H3,(H,18,19,21). The molecule has 1 aromatic heterocycles. The molecule has 1 unspecified atom stereocenters. The molecule has 1 saturated heterocycles. The van der Waals surface area contributed by atoms with E-state index < -0.39 is 0 Å². The van der Waals surface area contributed by atoms with Gasteiger partial charge in [-0.3, -0.25) is 4.79 Å². The van der Waals surface area contributed by atoms with Gasteiger partial charge in [0.05, 0.1) is 11.9 Å². The summed E-state index contributed by atoms with van der Waals surface area (Å²) < 4.78 is 0. The largest absolute Gasteiger partial charge is 0.376 e. The van der Waals surface area contributed by atoms with E-state index in [0.29, 0.717) is 24.1 Å². The van der Waals surface area contributed by atoms with E-state index in [1.54, 1.807) is 6.20 Å². The van der Waals surface area contributed by atoms with Gasteiger partial charge in [0.15, 0.2) is 0 Å². The van der Waals surface area contributed by atoms with E-state index in [0.717, 1.165) is 18.8 Å². The van der Waals surface area contributed by atoms with Crippen LogP contribution in [0.2, 0.25) is 0 Å². The molecule has 5 heteroatoms. The molecule has 1 aromatic rings. The van der Waals surface area contributed by atoms with Crippen LogP contribution in [0.15, 0.2) is 18.3 Å². The van der Waals surface area contributed by atoms with Crippen LogP contribution in [0, 0.1) is 11.8 Å². The quantitative estimate of drug-likeness (QED) is 0.872. The Hall–Kier alpha value is -1.62. The number of aromatic nitrogens is 1. The molecule has 116 valence electrons. The number of carbonyl (C=O) groups excluding carboxylic acids is 1. The lowest BCUT2D eigenvalue weighted by atomic mass is 9.84.